The summed E-state index contributed by atoms with van der Waals surface area (Å²) in [6, 6.07) is 0. The first-order valence-electron chi connectivity index (χ1n) is 7.94. The largest absolute Gasteiger partial charge is 0.370 e. The molecule has 110 valence electrons. The molecule has 2 aliphatic rings. The lowest BCUT2D eigenvalue weighted by molar-refractivity contribution is -0.0518. The topological polar surface area (TPSA) is 47.0 Å². The molecule has 0 amide bonds. The van der Waals surface area contributed by atoms with E-state index >= 15 is 0 Å². The summed E-state index contributed by atoms with van der Waals surface area (Å²) in [6.45, 7) is 4.12. The van der Waals surface area contributed by atoms with Crippen molar-refractivity contribution in [2.45, 2.75) is 64.0 Å². The van der Waals surface area contributed by atoms with Gasteiger partial charge in [-0.05, 0) is 19.3 Å². The van der Waals surface area contributed by atoms with Gasteiger partial charge in [0.05, 0.1) is 5.69 Å². The van der Waals surface area contributed by atoms with Gasteiger partial charge in [0.15, 0.2) is 5.82 Å². The lowest BCUT2D eigenvalue weighted by Crippen LogP contribution is -2.36. The van der Waals surface area contributed by atoms with E-state index in [0.717, 1.165) is 44.6 Å². The molecule has 1 aromatic heterocycles. The molecule has 4 heteroatoms. The molecule has 4 nitrogen and oxygen atoms in total. The van der Waals surface area contributed by atoms with Crippen molar-refractivity contribution in [3.8, 4) is 0 Å². The molecule has 1 fully saturated rings. The van der Waals surface area contributed by atoms with Crippen LogP contribution in [0.25, 0.3) is 0 Å². The number of nitrogens with one attached hydrogen (secondary N) is 1. The minimum atomic E-state index is -0.234. The third kappa shape index (κ3) is 2.35. The minimum absolute atomic E-state index is 0.234. The van der Waals surface area contributed by atoms with Crippen LogP contribution in [0.3, 0.4) is 0 Å². The highest BCUT2D eigenvalue weighted by Gasteiger charge is 2.37. The fourth-order valence-corrected chi connectivity index (χ4v) is 3.55. The number of aryl methyl sites for hydroxylation is 1. The minimum Gasteiger partial charge on any atom is -0.370 e. The van der Waals surface area contributed by atoms with E-state index in [1.54, 1.807) is 0 Å². The van der Waals surface area contributed by atoms with Crippen LogP contribution in [-0.4, -0.2) is 23.6 Å². The van der Waals surface area contributed by atoms with Gasteiger partial charge in [0.25, 0.3) is 0 Å². The van der Waals surface area contributed by atoms with Gasteiger partial charge in [-0.3, -0.25) is 0 Å². The Kier molecular flexibility index (Phi) is 4.03. The fraction of sp³-hybridized carbons (Fsp3) is 0.750. The van der Waals surface area contributed by atoms with E-state index in [-0.39, 0.29) is 5.60 Å². The van der Waals surface area contributed by atoms with Crippen molar-refractivity contribution in [3.05, 3.63) is 22.8 Å². The summed E-state index contributed by atoms with van der Waals surface area (Å²) in [4.78, 5) is 9.81. The van der Waals surface area contributed by atoms with Crippen LogP contribution in [0.4, 0.5) is 0 Å². The molecule has 0 saturated heterocycles. The van der Waals surface area contributed by atoms with Crippen molar-refractivity contribution in [1.29, 1.82) is 0 Å². The Morgan fingerprint density at radius 2 is 2.00 bits per heavy atom. The molecular formula is C16H25N3O. The zero-order chi connectivity index (χ0) is 14.0. The Morgan fingerprint density at radius 1 is 1.20 bits per heavy atom. The first-order chi connectivity index (χ1) is 9.79. The highest BCUT2D eigenvalue weighted by molar-refractivity contribution is 5.29. The Bertz CT molecular complexity index is 464. The second-order valence-corrected chi connectivity index (χ2v) is 5.96. The lowest BCUT2D eigenvalue weighted by atomic mass is 9.83. The quantitative estimate of drug-likeness (QED) is 0.920. The Labute approximate surface area is 121 Å². The van der Waals surface area contributed by atoms with Gasteiger partial charge in [0.2, 0.25) is 0 Å². The number of aromatic nitrogens is 2. The summed E-state index contributed by atoms with van der Waals surface area (Å²) in [6.07, 6.45) is 7.85. The lowest BCUT2D eigenvalue weighted by Gasteiger charge is -2.35. The van der Waals surface area contributed by atoms with Crippen LogP contribution in [0.15, 0.2) is 0 Å². The number of hydrogen-bond acceptors (Lipinski definition) is 4. The molecule has 0 atom stereocenters. The Balaban J connectivity index is 2.04. The fourth-order valence-electron chi connectivity index (χ4n) is 3.55. The predicted octanol–water partition coefficient (Wildman–Crippen LogP) is 2.49. The number of nitrogens with zero attached hydrogens (tertiary/aromatic N) is 2. The van der Waals surface area contributed by atoms with Gasteiger partial charge < -0.3 is 10.1 Å². The summed E-state index contributed by atoms with van der Waals surface area (Å²) < 4.78 is 5.91. The molecule has 1 N–H and O–H groups in total. The summed E-state index contributed by atoms with van der Waals surface area (Å²) in [5, 5.41) is 3.43. The Hall–Kier alpha value is -1.00. The van der Waals surface area contributed by atoms with Gasteiger partial charge in [0, 0.05) is 37.9 Å². The van der Waals surface area contributed by atoms with Gasteiger partial charge in [-0.25, -0.2) is 9.97 Å². The molecular weight excluding hydrogens is 250 g/mol. The molecule has 0 bridgehead atoms. The van der Waals surface area contributed by atoms with E-state index in [0.29, 0.717) is 0 Å². The number of methoxy groups -OCH3 is 1. The first kappa shape index (κ1) is 14.0. The SMILES string of the molecule is CCc1nc(C2(OC)CCCCC2)nc2c1CNCC2. The van der Waals surface area contributed by atoms with E-state index < -0.39 is 0 Å². The maximum Gasteiger partial charge on any atom is 0.160 e. The monoisotopic (exact) mass is 275 g/mol. The third-order valence-electron chi connectivity index (χ3n) is 4.81. The van der Waals surface area contributed by atoms with Gasteiger partial charge >= 0.3 is 0 Å². The molecule has 20 heavy (non-hydrogen) atoms. The average Bonchev–Trinajstić information content (AvgIpc) is 2.54. The maximum absolute atomic E-state index is 5.91. The van der Waals surface area contributed by atoms with Crippen molar-refractivity contribution in [1.82, 2.24) is 15.3 Å². The summed E-state index contributed by atoms with van der Waals surface area (Å²) >= 11 is 0. The van der Waals surface area contributed by atoms with Crippen LogP contribution in [0.1, 0.15) is 61.8 Å². The van der Waals surface area contributed by atoms with E-state index in [2.05, 4.69) is 12.2 Å². The second-order valence-electron chi connectivity index (χ2n) is 5.96. The predicted molar refractivity (Wildman–Crippen MR) is 78.6 cm³/mol. The van der Waals surface area contributed by atoms with Gasteiger partial charge in [-0.2, -0.15) is 0 Å². The molecule has 0 spiro atoms. The van der Waals surface area contributed by atoms with Crippen LogP contribution in [-0.2, 0) is 29.7 Å². The summed E-state index contributed by atoms with van der Waals surface area (Å²) in [5.74, 6) is 0.942. The van der Waals surface area contributed by atoms with Crippen LogP contribution in [0.2, 0.25) is 0 Å². The summed E-state index contributed by atoms with van der Waals surface area (Å²) in [5.41, 5.74) is 3.54. The van der Waals surface area contributed by atoms with Crippen LogP contribution >= 0.6 is 0 Å². The molecule has 0 unspecified atom stereocenters. The molecule has 1 aliphatic carbocycles. The van der Waals surface area contributed by atoms with Crippen LogP contribution < -0.4 is 5.32 Å². The van der Waals surface area contributed by atoms with E-state index in [4.69, 9.17) is 14.7 Å². The van der Waals surface area contributed by atoms with Crippen LogP contribution in [0, 0.1) is 0 Å². The van der Waals surface area contributed by atoms with Crippen molar-refractivity contribution >= 4 is 0 Å². The maximum atomic E-state index is 5.91. The normalized spacial score (nSPS) is 21.5. The van der Waals surface area contributed by atoms with Gasteiger partial charge in [-0.15, -0.1) is 0 Å². The van der Waals surface area contributed by atoms with Crippen molar-refractivity contribution < 1.29 is 4.74 Å². The standard InChI is InChI=1S/C16H25N3O/c1-3-13-12-11-17-10-7-14(12)19-15(18-13)16(20-2)8-5-4-6-9-16/h17H,3-11H2,1-2H3. The van der Waals surface area contributed by atoms with Crippen molar-refractivity contribution in [2.24, 2.45) is 0 Å². The number of fused-ring (bicyclic) bond motifs is 1. The van der Waals surface area contributed by atoms with Gasteiger partial charge in [-0.1, -0.05) is 26.2 Å². The molecule has 1 saturated carbocycles. The average molecular weight is 275 g/mol. The van der Waals surface area contributed by atoms with Crippen molar-refractivity contribution in [3.63, 3.8) is 0 Å². The molecule has 3 rings (SSSR count). The van der Waals surface area contributed by atoms with E-state index in [1.807, 2.05) is 7.11 Å². The third-order valence-corrected chi connectivity index (χ3v) is 4.81. The molecule has 0 radical (unpaired) electrons. The number of rotatable bonds is 3. The highest BCUT2D eigenvalue weighted by Crippen LogP contribution is 2.39. The molecule has 1 aromatic rings. The smallest absolute Gasteiger partial charge is 0.160 e. The van der Waals surface area contributed by atoms with E-state index in [1.165, 1.54) is 36.2 Å². The zero-order valence-electron chi connectivity index (χ0n) is 12.7. The number of hydrogen-bond donors (Lipinski definition) is 1. The number of ether oxygens (including phenoxy) is 1. The van der Waals surface area contributed by atoms with E-state index in [9.17, 15) is 0 Å². The van der Waals surface area contributed by atoms with Crippen LogP contribution in [0.5, 0.6) is 0 Å². The van der Waals surface area contributed by atoms with Gasteiger partial charge in [0.1, 0.15) is 5.60 Å². The zero-order valence-corrected chi connectivity index (χ0v) is 12.7. The first-order valence-corrected chi connectivity index (χ1v) is 7.94. The van der Waals surface area contributed by atoms with Crippen molar-refractivity contribution in [2.75, 3.05) is 13.7 Å². The molecule has 1 aliphatic heterocycles. The summed E-state index contributed by atoms with van der Waals surface area (Å²) in [7, 11) is 1.82. The highest BCUT2D eigenvalue weighted by atomic mass is 16.5. The molecule has 2 heterocycles. The Morgan fingerprint density at radius 3 is 2.70 bits per heavy atom. The molecule has 0 aromatic carbocycles. The second kappa shape index (κ2) is 5.78.